The molecule has 1 N–H and O–H groups in total. The molecule has 3 heteroatoms. The van der Waals surface area contributed by atoms with Gasteiger partial charge in [-0.2, -0.15) is 0 Å². The Labute approximate surface area is 103 Å². The molecule has 0 aliphatic heterocycles. The smallest absolute Gasteiger partial charge is 0.144 e. The van der Waals surface area contributed by atoms with Crippen LogP contribution in [0.5, 0.6) is 0 Å². The summed E-state index contributed by atoms with van der Waals surface area (Å²) in [5.74, 6) is 1.09. The summed E-state index contributed by atoms with van der Waals surface area (Å²) in [4.78, 5) is 4.27. The molecule has 0 radical (unpaired) electrons. The molecule has 0 amide bonds. The van der Waals surface area contributed by atoms with Gasteiger partial charge < -0.3 is 9.84 Å². The van der Waals surface area contributed by atoms with E-state index in [-0.39, 0.29) is 6.61 Å². The molecule has 0 saturated carbocycles. The number of hydrogen-bond acceptors (Lipinski definition) is 3. The average molecular weight is 235 g/mol. The average Bonchev–Trinajstić information content (AvgIpc) is 2.38. The molecule has 1 aliphatic carbocycles. The van der Waals surface area contributed by atoms with E-state index in [0.29, 0.717) is 5.92 Å². The van der Waals surface area contributed by atoms with Gasteiger partial charge in [-0.3, -0.25) is 4.99 Å². The van der Waals surface area contributed by atoms with E-state index >= 15 is 0 Å². The van der Waals surface area contributed by atoms with E-state index in [1.165, 1.54) is 0 Å². The number of methoxy groups -OCH3 is 1. The second-order valence-electron chi connectivity index (χ2n) is 4.07. The number of allylic oxidation sites excluding steroid dienone is 4. The zero-order valence-electron chi connectivity index (χ0n) is 11.0. The molecule has 1 unspecified atom stereocenters. The van der Waals surface area contributed by atoms with E-state index in [2.05, 4.69) is 18.8 Å². The van der Waals surface area contributed by atoms with Crippen LogP contribution >= 0.6 is 0 Å². The molecule has 0 saturated heterocycles. The minimum Gasteiger partial charge on any atom is -0.494 e. The predicted molar refractivity (Wildman–Crippen MR) is 71.2 cm³/mol. The number of ether oxygens (including phenoxy) is 1. The number of aliphatic hydroxyl groups excluding tert-OH is 1. The summed E-state index contributed by atoms with van der Waals surface area (Å²) < 4.78 is 5.30. The molecular formula is C14H21NO2. The lowest BCUT2D eigenvalue weighted by Crippen LogP contribution is -2.16. The molecule has 0 aromatic carbocycles. The fourth-order valence-electron chi connectivity index (χ4n) is 1.93. The second kappa shape index (κ2) is 6.40. The van der Waals surface area contributed by atoms with Crippen molar-refractivity contribution in [3.05, 3.63) is 35.1 Å². The number of aliphatic hydroxyl groups is 1. The quantitative estimate of drug-likeness (QED) is 0.813. The number of aliphatic imine (C=N–C) groups is 1. The predicted octanol–water partition coefficient (Wildman–Crippen LogP) is 2.49. The minimum atomic E-state index is 0.0602. The largest absolute Gasteiger partial charge is 0.494 e. The van der Waals surface area contributed by atoms with Crippen molar-refractivity contribution in [2.75, 3.05) is 20.8 Å². The van der Waals surface area contributed by atoms with Gasteiger partial charge in [0, 0.05) is 12.6 Å². The van der Waals surface area contributed by atoms with Crippen LogP contribution in [0.25, 0.3) is 0 Å². The SMILES string of the molecule is CCC(C)/C(CO)=C1/C=CC=C(OC)C1=NC. The van der Waals surface area contributed by atoms with Crippen molar-refractivity contribution in [1.82, 2.24) is 0 Å². The van der Waals surface area contributed by atoms with E-state index in [1.807, 2.05) is 18.2 Å². The lowest BCUT2D eigenvalue weighted by atomic mass is 9.89. The Morgan fingerprint density at radius 2 is 2.24 bits per heavy atom. The maximum Gasteiger partial charge on any atom is 0.144 e. The Bertz CT molecular complexity index is 389. The van der Waals surface area contributed by atoms with E-state index < -0.39 is 0 Å². The highest BCUT2D eigenvalue weighted by molar-refractivity contribution is 6.14. The molecule has 0 fully saturated rings. The first-order chi connectivity index (χ1) is 8.19. The fourth-order valence-corrected chi connectivity index (χ4v) is 1.93. The van der Waals surface area contributed by atoms with Crippen molar-refractivity contribution in [2.24, 2.45) is 10.9 Å². The van der Waals surface area contributed by atoms with Gasteiger partial charge in [-0.1, -0.05) is 26.0 Å². The Balaban J connectivity index is 3.25. The van der Waals surface area contributed by atoms with Crippen molar-refractivity contribution in [3.8, 4) is 0 Å². The van der Waals surface area contributed by atoms with Gasteiger partial charge in [0.15, 0.2) is 0 Å². The number of rotatable bonds is 4. The van der Waals surface area contributed by atoms with Crippen LogP contribution in [0.2, 0.25) is 0 Å². The van der Waals surface area contributed by atoms with Crippen molar-refractivity contribution < 1.29 is 9.84 Å². The molecular weight excluding hydrogens is 214 g/mol. The van der Waals surface area contributed by atoms with Crippen LogP contribution < -0.4 is 0 Å². The first-order valence-corrected chi connectivity index (χ1v) is 5.93. The second-order valence-corrected chi connectivity index (χ2v) is 4.07. The maximum atomic E-state index is 9.55. The minimum absolute atomic E-state index is 0.0602. The first-order valence-electron chi connectivity index (χ1n) is 5.93. The van der Waals surface area contributed by atoms with Gasteiger partial charge in [0.25, 0.3) is 0 Å². The van der Waals surface area contributed by atoms with Crippen LogP contribution in [0, 0.1) is 5.92 Å². The van der Waals surface area contributed by atoms with Gasteiger partial charge in [-0.25, -0.2) is 0 Å². The van der Waals surface area contributed by atoms with Gasteiger partial charge in [-0.15, -0.1) is 0 Å². The van der Waals surface area contributed by atoms with Crippen LogP contribution in [0.4, 0.5) is 0 Å². The molecule has 0 bridgehead atoms. The maximum absolute atomic E-state index is 9.55. The van der Waals surface area contributed by atoms with Crippen molar-refractivity contribution in [3.63, 3.8) is 0 Å². The van der Waals surface area contributed by atoms with E-state index in [4.69, 9.17) is 4.74 Å². The van der Waals surface area contributed by atoms with E-state index in [1.54, 1.807) is 14.2 Å². The van der Waals surface area contributed by atoms with Crippen LogP contribution in [-0.4, -0.2) is 31.6 Å². The number of nitrogens with zero attached hydrogens (tertiary/aromatic N) is 1. The van der Waals surface area contributed by atoms with Gasteiger partial charge >= 0.3 is 0 Å². The Hall–Kier alpha value is -1.35. The Morgan fingerprint density at radius 3 is 2.71 bits per heavy atom. The lowest BCUT2D eigenvalue weighted by molar-refractivity contribution is 0.310. The van der Waals surface area contributed by atoms with Gasteiger partial charge in [0.05, 0.1) is 13.7 Å². The lowest BCUT2D eigenvalue weighted by Gasteiger charge is -2.20. The molecule has 0 aromatic heterocycles. The Kier molecular flexibility index (Phi) is 5.16. The summed E-state index contributed by atoms with van der Waals surface area (Å²) in [6.07, 6.45) is 6.80. The van der Waals surface area contributed by atoms with Crippen LogP contribution in [0.3, 0.4) is 0 Å². The summed E-state index contributed by atoms with van der Waals surface area (Å²) in [5.41, 5.74) is 2.83. The summed E-state index contributed by atoms with van der Waals surface area (Å²) >= 11 is 0. The highest BCUT2D eigenvalue weighted by atomic mass is 16.5. The molecule has 1 aliphatic rings. The van der Waals surface area contributed by atoms with Gasteiger partial charge in [-0.05, 0) is 24.0 Å². The molecule has 1 rings (SSSR count). The first kappa shape index (κ1) is 13.7. The third-order valence-corrected chi connectivity index (χ3v) is 3.17. The van der Waals surface area contributed by atoms with Crippen LogP contribution in [0.1, 0.15) is 20.3 Å². The van der Waals surface area contributed by atoms with Gasteiger partial charge in [0.1, 0.15) is 11.5 Å². The topological polar surface area (TPSA) is 41.8 Å². The van der Waals surface area contributed by atoms with Crippen molar-refractivity contribution >= 4 is 5.71 Å². The molecule has 3 nitrogen and oxygen atoms in total. The molecule has 0 aromatic rings. The highest BCUT2D eigenvalue weighted by Crippen LogP contribution is 2.25. The standard InChI is InChI=1S/C14H21NO2/c1-5-10(2)12(9-16)11-7-6-8-13(17-4)14(11)15-3/h6-8,10,16H,5,9H2,1-4H3/b12-11-,15-14?. The number of hydrogen-bond donors (Lipinski definition) is 1. The van der Waals surface area contributed by atoms with Crippen LogP contribution in [0.15, 0.2) is 40.1 Å². The third-order valence-electron chi connectivity index (χ3n) is 3.17. The molecule has 1 atom stereocenters. The fraction of sp³-hybridized carbons (Fsp3) is 0.500. The van der Waals surface area contributed by atoms with E-state index in [9.17, 15) is 5.11 Å². The van der Waals surface area contributed by atoms with Crippen LogP contribution in [-0.2, 0) is 4.74 Å². The summed E-state index contributed by atoms with van der Waals surface area (Å²) in [5, 5.41) is 9.55. The van der Waals surface area contributed by atoms with Gasteiger partial charge in [0.2, 0.25) is 0 Å². The molecule has 94 valence electrons. The van der Waals surface area contributed by atoms with E-state index in [0.717, 1.165) is 29.0 Å². The summed E-state index contributed by atoms with van der Waals surface area (Å²) in [7, 11) is 3.38. The molecule has 17 heavy (non-hydrogen) atoms. The zero-order valence-corrected chi connectivity index (χ0v) is 11.0. The molecule has 0 heterocycles. The summed E-state index contributed by atoms with van der Waals surface area (Å²) in [6, 6.07) is 0. The Morgan fingerprint density at radius 1 is 1.53 bits per heavy atom. The normalized spacial score (nSPS) is 22.4. The third kappa shape index (κ3) is 2.86. The zero-order chi connectivity index (χ0) is 12.8. The monoisotopic (exact) mass is 235 g/mol. The van der Waals surface area contributed by atoms with Crippen molar-refractivity contribution in [2.45, 2.75) is 20.3 Å². The van der Waals surface area contributed by atoms with Crippen molar-refractivity contribution in [1.29, 1.82) is 0 Å². The molecule has 0 spiro atoms. The highest BCUT2D eigenvalue weighted by Gasteiger charge is 2.19. The summed E-state index contributed by atoms with van der Waals surface area (Å²) in [6.45, 7) is 4.29.